The highest BCUT2D eigenvalue weighted by Crippen LogP contribution is 2.35. The number of carbonyl (C=O) groups is 3. The van der Waals surface area contributed by atoms with Crippen LogP contribution in [0.4, 0.5) is 4.79 Å². The Morgan fingerprint density at radius 2 is 1.88 bits per heavy atom. The molecule has 0 aromatic carbocycles. The maximum atomic E-state index is 14.2. The number of hydrogen-bond acceptors (Lipinski definition) is 7. The minimum Gasteiger partial charge on any atom is -0.444 e. The molecule has 2 aliphatic rings. The van der Waals surface area contributed by atoms with Crippen molar-refractivity contribution in [3.05, 3.63) is 21.4 Å². The van der Waals surface area contributed by atoms with E-state index in [-0.39, 0.29) is 43.6 Å². The molecular formula is C32H53N3O6S. The van der Waals surface area contributed by atoms with E-state index in [2.05, 4.69) is 18.3 Å². The van der Waals surface area contributed by atoms with Crippen molar-refractivity contribution in [3.8, 4) is 0 Å². The van der Waals surface area contributed by atoms with Crippen molar-refractivity contribution in [2.45, 2.75) is 111 Å². The smallest absolute Gasteiger partial charge is 0.410 e. The molecule has 3 amide bonds. The first kappa shape index (κ1) is 34.3. The topological polar surface area (TPSA) is 108 Å². The van der Waals surface area contributed by atoms with Crippen LogP contribution in [0, 0.1) is 17.8 Å². The number of aryl methyl sites for hydroxylation is 2. The van der Waals surface area contributed by atoms with E-state index in [1.807, 2.05) is 50.9 Å². The lowest BCUT2D eigenvalue weighted by atomic mass is 9.87. The molecule has 0 spiro atoms. The summed E-state index contributed by atoms with van der Waals surface area (Å²) in [5.74, 6) is -1.00. The Balaban J connectivity index is 1.81. The number of likely N-dealkylation sites (tertiary alicyclic amines) is 1. The highest BCUT2D eigenvalue weighted by Gasteiger charge is 2.43. The third-order valence-electron chi connectivity index (χ3n) is 7.80. The summed E-state index contributed by atoms with van der Waals surface area (Å²) >= 11 is 1.82. The number of aliphatic hydroxyl groups is 1. The van der Waals surface area contributed by atoms with E-state index in [1.165, 1.54) is 20.2 Å². The van der Waals surface area contributed by atoms with Crippen LogP contribution in [0.5, 0.6) is 0 Å². The maximum Gasteiger partial charge on any atom is 0.410 e. The van der Waals surface area contributed by atoms with E-state index in [1.54, 1.807) is 7.11 Å². The van der Waals surface area contributed by atoms with Crippen molar-refractivity contribution >= 4 is 29.2 Å². The van der Waals surface area contributed by atoms with E-state index < -0.39 is 23.5 Å². The van der Waals surface area contributed by atoms with Crippen molar-refractivity contribution in [1.29, 1.82) is 0 Å². The van der Waals surface area contributed by atoms with Gasteiger partial charge in [0.25, 0.3) is 0 Å². The van der Waals surface area contributed by atoms with Gasteiger partial charge in [0.05, 0.1) is 24.5 Å². The first-order chi connectivity index (χ1) is 19.8. The van der Waals surface area contributed by atoms with Gasteiger partial charge in [-0.05, 0) is 83.3 Å². The minimum atomic E-state index is -0.693. The van der Waals surface area contributed by atoms with Crippen molar-refractivity contribution in [3.63, 3.8) is 0 Å². The van der Waals surface area contributed by atoms with E-state index in [0.717, 1.165) is 38.7 Å². The molecule has 9 nitrogen and oxygen atoms in total. The average molecular weight is 608 g/mol. The van der Waals surface area contributed by atoms with Gasteiger partial charge in [-0.3, -0.25) is 9.59 Å². The van der Waals surface area contributed by atoms with Crippen LogP contribution in [0.2, 0.25) is 0 Å². The SMILES string of the molecule is CCc1sc(CCCOC)cc1CN(C(=O)[C@@H]1C[C@H](C(=O)NC(CO)CC(C)C)CN(C(=O)OC(C)(C)C)C1)C1CC1. The standard InChI is InChI=1S/C32H53N3O6S/c1-8-28-22(16-27(42-28)10-9-13-40-7)19-35(26-11-12-26)30(38)24-15-23(29(37)33-25(20-36)14-21(2)3)17-34(18-24)31(39)41-32(4,5)6/h16,21,23-26,36H,8-15,17-20H2,1-7H3,(H,33,37)/t23-,24+,25?/m0/s1. The van der Waals surface area contributed by atoms with Gasteiger partial charge in [-0.2, -0.15) is 0 Å². The molecule has 1 aliphatic carbocycles. The zero-order chi connectivity index (χ0) is 31.0. The molecule has 2 heterocycles. The molecule has 1 aliphatic heterocycles. The lowest BCUT2D eigenvalue weighted by Gasteiger charge is -2.39. The van der Waals surface area contributed by atoms with Gasteiger partial charge in [0.2, 0.25) is 11.8 Å². The minimum absolute atomic E-state index is 0.00127. The fourth-order valence-electron chi connectivity index (χ4n) is 5.68. The molecule has 10 heteroatoms. The number of aliphatic hydroxyl groups excluding tert-OH is 1. The summed E-state index contributed by atoms with van der Waals surface area (Å²) in [6, 6.07) is 2.07. The van der Waals surface area contributed by atoms with E-state index >= 15 is 0 Å². The zero-order valence-electron chi connectivity index (χ0n) is 26.7. The van der Waals surface area contributed by atoms with Gasteiger partial charge < -0.3 is 29.7 Å². The summed E-state index contributed by atoms with van der Waals surface area (Å²) in [5.41, 5.74) is 0.505. The Kier molecular flexibility index (Phi) is 12.7. The van der Waals surface area contributed by atoms with Crippen LogP contribution in [-0.4, -0.2) is 83.9 Å². The second-order valence-electron chi connectivity index (χ2n) is 13.3. The van der Waals surface area contributed by atoms with Gasteiger partial charge >= 0.3 is 6.09 Å². The Labute approximate surface area is 256 Å². The number of nitrogens with zero attached hydrogens (tertiary/aromatic N) is 2. The van der Waals surface area contributed by atoms with Crippen molar-refractivity contribution < 1.29 is 29.0 Å². The molecule has 2 fully saturated rings. The van der Waals surface area contributed by atoms with Gasteiger partial charge in [0, 0.05) is 49.1 Å². The number of rotatable bonds is 14. The number of carbonyl (C=O) groups excluding carboxylic acids is 3. The van der Waals surface area contributed by atoms with E-state index in [4.69, 9.17) is 9.47 Å². The van der Waals surface area contributed by atoms with Crippen molar-refractivity contribution in [2.24, 2.45) is 17.8 Å². The van der Waals surface area contributed by atoms with E-state index in [0.29, 0.717) is 25.3 Å². The molecule has 3 rings (SSSR count). The van der Waals surface area contributed by atoms with Gasteiger partial charge in [0.15, 0.2) is 0 Å². The highest BCUT2D eigenvalue weighted by molar-refractivity contribution is 7.12. The van der Waals surface area contributed by atoms with Gasteiger partial charge in [-0.15, -0.1) is 11.3 Å². The number of piperidine rings is 1. The number of ether oxygens (including phenoxy) is 2. The summed E-state index contributed by atoms with van der Waals surface area (Å²) in [5, 5.41) is 12.8. The van der Waals surface area contributed by atoms with Crippen LogP contribution in [0.1, 0.15) is 89.0 Å². The Hall–Kier alpha value is -2.17. The lowest BCUT2D eigenvalue weighted by Crippen LogP contribution is -2.54. The van der Waals surface area contributed by atoms with Crippen LogP contribution < -0.4 is 5.32 Å². The molecule has 1 saturated carbocycles. The summed E-state index contributed by atoms with van der Waals surface area (Å²) in [6.45, 7) is 13.2. The molecule has 1 unspecified atom stereocenters. The predicted octanol–water partition coefficient (Wildman–Crippen LogP) is 4.78. The third-order valence-corrected chi connectivity index (χ3v) is 9.18. The monoisotopic (exact) mass is 607 g/mol. The van der Waals surface area contributed by atoms with Crippen LogP contribution >= 0.6 is 11.3 Å². The van der Waals surface area contributed by atoms with E-state index in [9.17, 15) is 19.5 Å². The third kappa shape index (κ3) is 10.2. The lowest BCUT2D eigenvalue weighted by molar-refractivity contribution is -0.140. The Morgan fingerprint density at radius 1 is 1.19 bits per heavy atom. The van der Waals surface area contributed by atoms with Crippen molar-refractivity contribution in [2.75, 3.05) is 33.4 Å². The molecule has 42 heavy (non-hydrogen) atoms. The molecule has 2 N–H and O–H groups in total. The average Bonchev–Trinajstić information content (AvgIpc) is 3.69. The zero-order valence-corrected chi connectivity index (χ0v) is 27.6. The molecule has 1 aromatic rings. The van der Waals surface area contributed by atoms with Gasteiger partial charge in [0.1, 0.15) is 5.60 Å². The molecular weight excluding hydrogens is 554 g/mol. The number of nitrogens with one attached hydrogen (secondary N) is 1. The molecule has 1 saturated heterocycles. The van der Waals surface area contributed by atoms with Crippen molar-refractivity contribution in [1.82, 2.24) is 15.1 Å². The molecule has 0 radical (unpaired) electrons. The van der Waals surface area contributed by atoms with Crippen LogP contribution in [0.3, 0.4) is 0 Å². The van der Waals surface area contributed by atoms with Crippen LogP contribution in [0.25, 0.3) is 0 Å². The Morgan fingerprint density at radius 3 is 2.45 bits per heavy atom. The normalized spacial score (nSPS) is 20.0. The second kappa shape index (κ2) is 15.5. The number of hydrogen-bond donors (Lipinski definition) is 2. The molecule has 1 aromatic heterocycles. The quantitative estimate of drug-likeness (QED) is 0.295. The Bertz CT molecular complexity index is 1050. The maximum absolute atomic E-state index is 14.2. The largest absolute Gasteiger partial charge is 0.444 e. The number of methoxy groups -OCH3 is 1. The number of thiophene rings is 1. The first-order valence-corrected chi connectivity index (χ1v) is 16.5. The summed E-state index contributed by atoms with van der Waals surface area (Å²) in [7, 11) is 1.72. The number of amides is 3. The first-order valence-electron chi connectivity index (χ1n) is 15.6. The van der Waals surface area contributed by atoms with Crippen LogP contribution in [-0.2, 0) is 38.4 Å². The summed E-state index contributed by atoms with van der Waals surface area (Å²) in [6.07, 6.45) is 5.27. The highest BCUT2D eigenvalue weighted by atomic mass is 32.1. The van der Waals surface area contributed by atoms with Crippen LogP contribution in [0.15, 0.2) is 6.07 Å². The summed E-state index contributed by atoms with van der Waals surface area (Å²) < 4.78 is 10.9. The fourth-order valence-corrected chi connectivity index (χ4v) is 6.84. The van der Waals surface area contributed by atoms with Gasteiger partial charge in [-0.25, -0.2) is 4.79 Å². The molecule has 0 bridgehead atoms. The second-order valence-corrected chi connectivity index (χ2v) is 14.6. The molecule has 3 atom stereocenters. The predicted molar refractivity (Wildman–Crippen MR) is 165 cm³/mol. The van der Waals surface area contributed by atoms with Gasteiger partial charge in [-0.1, -0.05) is 20.8 Å². The summed E-state index contributed by atoms with van der Waals surface area (Å²) in [4.78, 5) is 47.0. The molecule has 238 valence electrons. The fraction of sp³-hybridized carbons (Fsp3) is 0.781.